The van der Waals surface area contributed by atoms with Crippen molar-refractivity contribution in [1.82, 2.24) is 5.32 Å². The van der Waals surface area contributed by atoms with E-state index < -0.39 is 6.10 Å². The molecule has 1 aliphatic carbocycles. The van der Waals surface area contributed by atoms with Gasteiger partial charge < -0.3 is 10.4 Å². The first-order valence-electron chi connectivity index (χ1n) is 6.37. The van der Waals surface area contributed by atoms with Gasteiger partial charge in [0.2, 0.25) is 0 Å². The van der Waals surface area contributed by atoms with Crippen molar-refractivity contribution < 1.29 is 5.11 Å². The van der Waals surface area contributed by atoms with Crippen LogP contribution in [-0.4, -0.2) is 17.7 Å². The molecule has 3 heteroatoms. The van der Waals surface area contributed by atoms with Crippen molar-refractivity contribution in [2.45, 2.75) is 38.3 Å². The highest BCUT2D eigenvalue weighted by Gasteiger charge is 2.29. The van der Waals surface area contributed by atoms with Gasteiger partial charge in [-0.2, -0.15) is 0 Å². The van der Waals surface area contributed by atoms with E-state index >= 15 is 0 Å². The molecule has 2 unspecified atom stereocenters. The summed E-state index contributed by atoms with van der Waals surface area (Å²) in [5.74, 6) is 0.831. The first kappa shape index (κ1) is 12.9. The molecule has 1 aromatic rings. The van der Waals surface area contributed by atoms with E-state index in [-0.39, 0.29) is 0 Å². The fourth-order valence-corrected chi connectivity index (χ4v) is 2.33. The zero-order valence-corrected chi connectivity index (χ0v) is 11.0. The number of hydrogen-bond acceptors (Lipinski definition) is 2. The van der Waals surface area contributed by atoms with Gasteiger partial charge in [0, 0.05) is 17.6 Å². The van der Waals surface area contributed by atoms with E-state index in [0.717, 1.165) is 17.9 Å². The summed E-state index contributed by atoms with van der Waals surface area (Å²) in [6, 6.07) is 7.97. The second kappa shape index (κ2) is 5.85. The van der Waals surface area contributed by atoms with Crippen LogP contribution in [0.1, 0.15) is 37.9 Å². The molecular weight excluding hydrogens is 234 g/mol. The zero-order chi connectivity index (χ0) is 12.3. The van der Waals surface area contributed by atoms with Crippen molar-refractivity contribution in [2.24, 2.45) is 5.92 Å². The van der Waals surface area contributed by atoms with Crippen LogP contribution in [0.15, 0.2) is 24.3 Å². The molecule has 0 saturated heterocycles. The van der Waals surface area contributed by atoms with Crippen LogP contribution in [0.4, 0.5) is 0 Å². The minimum Gasteiger partial charge on any atom is -0.387 e. The molecule has 94 valence electrons. The largest absolute Gasteiger partial charge is 0.387 e. The number of benzene rings is 1. The molecule has 0 aliphatic heterocycles. The maximum absolute atomic E-state index is 10.1. The maximum Gasteiger partial charge on any atom is 0.0914 e. The maximum atomic E-state index is 10.1. The number of rotatable bonds is 6. The van der Waals surface area contributed by atoms with Crippen LogP contribution in [0, 0.1) is 5.92 Å². The van der Waals surface area contributed by atoms with Gasteiger partial charge in [0.05, 0.1) is 6.10 Å². The molecule has 1 saturated carbocycles. The average Bonchev–Trinajstić information content (AvgIpc) is 3.15. The van der Waals surface area contributed by atoms with E-state index in [9.17, 15) is 5.11 Å². The molecule has 0 spiro atoms. The monoisotopic (exact) mass is 253 g/mol. The zero-order valence-electron chi connectivity index (χ0n) is 10.2. The average molecular weight is 254 g/mol. The summed E-state index contributed by atoms with van der Waals surface area (Å²) in [7, 11) is 0. The topological polar surface area (TPSA) is 32.3 Å². The highest BCUT2D eigenvalue weighted by Crippen LogP contribution is 2.34. The van der Waals surface area contributed by atoms with Gasteiger partial charge in [0.25, 0.3) is 0 Å². The van der Waals surface area contributed by atoms with E-state index in [4.69, 9.17) is 11.6 Å². The lowest BCUT2D eigenvalue weighted by molar-refractivity contribution is 0.167. The van der Waals surface area contributed by atoms with Crippen LogP contribution in [-0.2, 0) is 0 Å². The second-order valence-corrected chi connectivity index (χ2v) is 5.26. The van der Waals surface area contributed by atoms with Gasteiger partial charge in [-0.05, 0) is 42.9 Å². The minimum absolute atomic E-state index is 0.444. The van der Waals surface area contributed by atoms with Gasteiger partial charge in [0.1, 0.15) is 0 Å². The Morgan fingerprint density at radius 2 is 2.00 bits per heavy atom. The Hall–Kier alpha value is -0.570. The summed E-state index contributed by atoms with van der Waals surface area (Å²) in [5.41, 5.74) is 0.924. The van der Waals surface area contributed by atoms with Crippen LogP contribution >= 0.6 is 11.6 Å². The van der Waals surface area contributed by atoms with Crippen molar-refractivity contribution in [3.8, 4) is 0 Å². The number of aliphatic hydroxyl groups excluding tert-OH is 1. The van der Waals surface area contributed by atoms with Crippen molar-refractivity contribution in [1.29, 1.82) is 0 Å². The van der Waals surface area contributed by atoms with E-state index in [1.54, 1.807) is 0 Å². The molecule has 1 fully saturated rings. The molecule has 0 aromatic heterocycles. The Morgan fingerprint density at radius 1 is 1.35 bits per heavy atom. The SMILES string of the molecule is CCC(NCC(O)c1ccc(Cl)cc1)C1CC1. The molecule has 2 N–H and O–H groups in total. The normalized spacial score (nSPS) is 19.0. The fraction of sp³-hybridized carbons (Fsp3) is 0.571. The van der Waals surface area contributed by atoms with Crippen molar-refractivity contribution >= 4 is 11.6 Å². The first-order valence-corrected chi connectivity index (χ1v) is 6.75. The Labute approximate surface area is 108 Å². The van der Waals surface area contributed by atoms with E-state index in [2.05, 4.69) is 12.2 Å². The Bertz CT molecular complexity index is 348. The van der Waals surface area contributed by atoms with E-state index in [0.29, 0.717) is 17.6 Å². The molecule has 1 aliphatic rings. The minimum atomic E-state index is -0.444. The van der Waals surface area contributed by atoms with Gasteiger partial charge in [-0.3, -0.25) is 0 Å². The number of hydrogen-bond donors (Lipinski definition) is 2. The summed E-state index contributed by atoms with van der Waals surface area (Å²) < 4.78 is 0. The summed E-state index contributed by atoms with van der Waals surface area (Å²) in [4.78, 5) is 0. The van der Waals surface area contributed by atoms with Gasteiger partial charge in [-0.15, -0.1) is 0 Å². The Balaban J connectivity index is 1.83. The molecule has 0 heterocycles. The number of aliphatic hydroxyl groups is 1. The third kappa shape index (κ3) is 3.70. The van der Waals surface area contributed by atoms with E-state index in [1.807, 2.05) is 24.3 Å². The summed E-state index contributed by atoms with van der Waals surface area (Å²) >= 11 is 5.82. The number of halogens is 1. The lowest BCUT2D eigenvalue weighted by atomic mass is 10.1. The molecule has 2 rings (SSSR count). The standard InChI is InChI=1S/C14H20ClNO/c1-2-13(10-3-4-10)16-9-14(17)11-5-7-12(15)8-6-11/h5-8,10,13-14,16-17H,2-4,9H2,1H3. The first-order chi connectivity index (χ1) is 8.20. The predicted octanol–water partition coefficient (Wildman–Crippen LogP) is 3.15. The van der Waals surface area contributed by atoms with Crippen LogP contribution in [0.2, 0.25) is 5.02 Å². The van der Waals surface area contributed by atoms with Gasteiger partial charge in [-0.1, -0.05) is 30.7 Å². The summed E-state index contributed by atoms with van der Waals surface area (Å²) in [5, 5.41) is 14.2. The molecule has 0 amide bonds. The van der Waals surface area contributed by atoms with Crippen molar-refractivity contribution in [3.63, 3.8) is 0 Å². The quantitative estimate of drug-likeness (QED) is 0.816. The van der Waals surface area contributed by atoms with Crippen LogP contribution < -0.4 is 5.32 Å². The lowest BCUT2D eigenvalue weighted by Crippen LogP contribution is -2.33. The second-order valence-electron chi connectivity index (χ2n) is 4.83. The highest BCUT2D eigenvalue weighted by atomic mass is 35.5. The number of nitrogens with one attached hydrogen (secondary N) is 1. The third-order valence-electron chi connectivity index (χ3n) is 3.46. The molecule has 1 aromatic carbocycles. The molecule has 2 nitrogen and oxygen atoms in total. The van der Waals surface area contributed by atoms with Crippen molar-refractivity contribution in [3.05, 3.63) is 34.9 Å². The van der Waals surface area contributed by atoms with Gasteiger partial charge >= 0.3 is 0 Å². The summed E-state index contributed by atoms with van der Waals surface area (Å²) in [6.45, 7) is 2.82. The smallest absolute Gasteiger partial charge is 0.0914 e. The Morgan fingerprint density at radius 3 is 2.53 bits per heavy atom. The molecule has 0 bridgehead atoms. The van der Waals surface area contributed by atoms with Crippen LogP contribution in [0.3, 0.4) is 0 Å². The molecule has 2 atom stereocenters. The highest BCUT2D eigenvalue weighted by molar-refractivity contribution is 6.30. The van der Waals surface area contributed by atoms with Gasteiger partial charge in [-0.25, -0.2) is 0 Å². The predicted molar refractivity (Wildman–Crippen MR) is 71.2 cm³/mol. The molecular formula is C14H20ClNO. The van der Waals surface area contributed by atoms with Crippen molar-refractivity contribution in [2.75, 3.05) is 6.54 Å². The third-order valence-corrected chi connectivity index (χ3v) is 3.71. The summed E-state index contributed by atoms with van der Waals surface area (Å²) in [6.07, 6.45) is 3.36. The fourth-order valence-electron chi connectivity index (χ4n) is 2.21. The Kier molecular flexibility index (Phi) is 4.43. The van der Waals surface area contributed by atoms with Gasteiger partial charge in [0.15, 0.2) is 0 Å². The van der Waals surface area contributed by atoms with E-state index in [1.165, 1.54) is 12.8 Å². The van der Waals surface area contributed by atoms with Crippen LogP contribution in [0.25, 0.3) is 0 Å². The lowest BCUT2D eigenvalue weighted by Gasteiger charge is -2.19. The molecule has 17 heavy (non-hydrogen) atoms. The molecule has 0 radical (unpaired) electrons. The van der Waals surface area contributed by atoms with Crippen LogP contribution in [0.5, 0.6) is 0 Å².